The van der Waals surface area contributed by atoms with Crippen molar-refractivity contribution in [3.8, 4) is 0 Å². The number of aromatic nitrogens is 1. The SMILES string of the molecule is Clc1ccc(N2CCC[C@@H]3CCN[C@@H]3C2)cn1. The van der Waals surface area contributed by atoms with Gasteiger partial charge in [0.05, 0.1) is 11.9 Å². The van der Waals surface area contributed by atoms with E-state index in [1.807, 2.05) is 12.3 Å². The normalized spacial score (nSPS) is 28.9. The van der Waals surface area contributed by atoms with E-state index in [1.54, 1.807) is 0 Å². The predicted molar refractivity (Wildman–Crippen MR) is 70.6 cm³/mol. The molecule has 2 aliphatic rings. The lowest BCUT2D eigenvalue weighted by molar-refractivity contribution is 0.445. The second kappa shape index (κ2) is 4.83. The maximum Gasteiger partial charge on any atom is 0.129 e. The number of halogens is 1. The quantitative estimate of drug-likeness (QED) is 0.777. The molecule has 2 atom stereocenters. The molecule has 92 valence electrons. The Morgan fingerprint density at radius 3 is 3.12 bits per heavy atom. The summed E-state index contributed by atoms with van der Waals surface area (Å²) in [6.07, 6.45) is 5.87. The number of hydrogen-bond donors (Lipinski definition) is 1. The van der Waals surface area contributed by atoms with Gasteiger partial charge in [-0.2, -0.15) is 0 Å². The van der Waals surface area contributed by atoms with Crippen LogP contribution in [0.3, 0.4) is 0 Å². The average Bonchev–Trinajstić information content (AvgIpc) is 2.68. The van der Waals surface area contributed by atoms with Gasteiger partial charge in [-0.25, -0.2) is 4.98 Å². The summed E-state index contributed by atoms with van der Waals surface area (Å²) in [6, 6.07) is 4.61. The summed E-state index contributed by atoms with van der Waals surface area (Å²) < 4.78 is 0. The highest BCUT2D eigenvalue weighted by atomic mass is 35.5. The molecule has 0 radical (unpaired) electrons. The van der Waals surface area contributed by atoms with Crippen LogP contribution in [0.5, 0.6) is 0 Å². The molecule has 0 aromatic carbocycles. The molecule has 17 heavy (non-hydrogen) atoms. The standard InChI is InChI=1S/C13H18ClN3/c14-13-4-3-11(8-16-13)17-7-1-2-10-5-6-15-12(10)9-17/h3-4,8,10,12,15H,1-2,5-7,9H2/t10-,12-/m1/s1. The molecule has 0 aliphatic carbocycles. The minimum absolute atomic E-state index is 0.570. The van der Waals surface area contributed by atoms with Crippen molar-refractivity contribution in [1.82, 2.24) is 10.3 Å². The smallest absolute Gasteiger partial charge is 0.129 e. The summed E-state index contributed by atoms with van der Waals surface area (Å²) in [7, 11) is 0. The summed E-state index contributed by atoms with van der Waals surface area (Å²) in [6.45, 7) is 3.42. The molecule has 0 amide bonds. The van der Waals surface area contributed by atoms with Gasteiger partial charge >= 0.3 is 0 Å². The Morgan fingerprint density at radius 1 is 1.35 bits per heavy atom. The second-order valence-electron chi connectivity index (χ2n) is 5.04. The monoisotopic (exact) mass is 251 g/mol. The highest BCUT2D eigenvalue weighted by Crippen LogP contribution is 2.27. The molecular formula is C13H18ClN3. The lowest BCUT2D eigenvalue weighted by atomic mass is 9.97. The van der Waals surface area contributed by atoms with Gasteiger partial charge in [0.2, 0.25) is 0 Å². The Hall–Kier alpha value is -0.800. The molecule has 1 N–H and O–H groups in total. The predicted octanol–water partition coefficient (Wildman–Crippen LogP) is 2.31. The summed E-state index contributed by atoms with van der Waals surface area (Å²) in [5, 5.41) is 4.19. The fraction of sp³-hybridized carbons (Fsp3) is 0.615. The number of nitrogens with zero attached hydrogens (tertiary/aromatic N) is 2. The molecular weight excluding hydrogens is 234 g/mol. The Labute approximate surface area is 107 Å². The molecule has 3 nitrogen and oxygen atoms in total. The number of nitrogens with one attached hydrogen (secondary N) is 1. The Bertz CT molecular complexity index is 379. The van der Waals surface area contributed by atoms with Gasteiger partial charge in [-0.05, 0) is 43.9 Å². The molecule has 2 fully saturated rings. The fourth-order valence-electron chi connectivity index (χ4n) is 3.04. The number of rotatable bonds is 1. The van der Waals surface area contributed by atoms with E-state index in [4.69, 9.17) is 11.6 Å². The van der Waals surface area contributed by atoms with E-state index < -0.39 is 0 Å². The maximum atomic E-state index is 5.83. The van der Waals surface area contributed by atoms with Crippen molar-refractivity contribution < 1.29 is 0 Å². The number of hydrogen-bond acceptors (Lipinski definition) is 3. The van der Waals surface area contributed by atoms with Gasteiger partial charge in [-0.15, -0.1) is 0 Å². The summed E-state index contributed by atoms with van der Waals surface area (Å²) in [5.74, 6) is 0.875. The first kappa shape index (κ1) is 11.3. The third kappa shape index (κ3) is 2.40. The molecule has 2 aliphatic heterocycles. The largest absolute Gasteiger partial charge is 0.369 e. The maximum absolute atomic E-state index is 5.83. The van der Waals surface area contributed by atoms with Crippen molar-refractivity contribution in [3.63, 3.8) is 0 Å². The van der Waals surface area contributed by atoms with E-state index in [2.05, 4.69) is 21.3 Å². The highest BCUT2D eigenvalue weighted by molar-refractivity contribution is 6.29. The van der Waals surface area contributed by atoms with Crippen LogP contribution in [-0.2, 0) is 0 Å². The summed E-state index contributed by atoms with van der Waals surface area (Å²) in [5.41, 5.74) is 1.20. The van der Waals surface area contributed by atoms with Crippen LogP contribution in [0.1, 0.15) is 19.3 Å². The van der Waals surface area contributed by atoms with Crippen LogP contribution >= 0.6 is 11.6 Å². The van der Waals surface area contributed by atoms with Gasteiger partial charge in [-0.3, -0.25) is 0 Å². The van der Waals surface area contributed by atoms with Crippen LogP contribution in [0.4, 0.5) is 5.69 Å². The number of pyridine rings is 1. The van der Waals surface area contributed by atoms with Gasteiger partial charge in [0.1, 0.15) is 5.15 Å². The molecule has 0 spiro atoms. The van der Waals surface area contributed by atoms with Crippen molar-refractivity contribution in [2.45, 2.75) is 25.3 Å². The van der Waals surface area contributed by atoms with Gasteiger partial charge in [0, 0.05) is 19.1 Å². The first-order valence-corrected chi connectivity index (χ1v) is 6.80. The molecule has 2 saturated heterocycles. The van der Waals surface area contributed by atoms with Gasteiger partial charge < -0.3 is 10.2 Å². The molecule has 3 rings (SSSR count). The van der Waals surface area contributed by atoms with E-state index in [9.17, 15) is 0 Å². The molecule has 1 aromatic heterocycles. The summed E-state index contributed by atoms with van der Waals surface area (Å²) in [4.78, 5) is 6.61. The average molecular weight is 252 g/mol. The van der Waals surface area contributed by atoms with Crippen LogP contribution < -0.4 is 10.2 Å². The van der Waals surface area contributed by atoms with Crippen LogP contribution in [-0.4, -0.2) is 30.7 Å². The van der Waals surface area contributed by atoms with Crippen molar-refractivity contribution >= 4 is 17.3 Å². The third-order valence-corrected chi connectivity index (χ3v) is 4.21. The summed E-state index contributed by atoms with van der Waals surface area (Å²) >= 11 is 5.83. The van der Waals surface area contributed by atoms with Crippen molar-refractivity contribution in [2.24, 2.45) is 5.92 Å². The van der Waals surface area contributed by atoms with Crippen LogP contribution in [0.15, 0.2) is 18.3 Å². The van der Waals surface area contributed by atoms with Crippen LogP contribution in [0.25, 0.3) is 0 Å². The minimum Gasteiger partial charge on any atom is -0.369 e. The first-order valence-electron chi connectivity index (χ1n) is 6.43. The first-order chi connectivity index (χ1) is 8.33. The van der Waals surface area contributed by atoms with E-state index in [0.717, 1.165) is 19.0 Å². The third-order valence-electron chi connectivity index (χ3n) is 3.99. The van der Waals surface area contributed by atoms with Gasteiger partial charge in [0.15, 0.2) is 0 Å². The zero-order valence-electron chi connectivity index (χ0n) is 9.90. The minimum atomic E-state index is 0.570. The number of anilines is 1. The fourth-order valence-corrected chi connectivity index (χ4v) is 3.16. The van der Waals surface area contributed by atoms with E-state index in [0.29, 0.717) is 11.2 Å². The van der Waals surface area contributed by atoms with Crippen molar-refractivity contribution in [3.05, 3.63) is 23.5 Å². The van der Waals surface area contributed by atoms with Gasteiger partial charge in [-0.1, -0.05) is 11.6 Å². The van der Waals surface area contributed by atoms with Crippen molar-refractivity contribution in [2.75, 3.05) is 24.5 Å². The lowest BCUT2D eigenvalue weighted by Gasteiger charge is -2.26. The molecule has 0 saturated carbocycles. The lowest BCUT2D eigenvalue weighted by Crippen LogP contribution is -2.38. The molecule has 0 bridgehead atoms. The van der Waals surface area contributed by atoms with E-state index >= 15 is 0 Å². The van der Waals surface area contributed by atoms with E-state index in [1.165, 1.54) is 31.5 Å². The Morgan fingerprint density at radius 2 is 2.29 bits per heavy atom. The topological polar surface area (TPSA) is 28.2 Å². The molecule has 0 unspecified atom stereocenters. The van der Waals surface area contributed by atoms with Crippen LogP contribution in [0, 0.1) is 5.92 Å². The zero-order chi connectivity index (χ0) is 11.7. The molecule has 1 aromatic rings. The van der Waals surface area contributed by atoms with Gasteiger partial charge in [0.25, 0.3) is 0 Å². The molecule has 4 heteroatoms. The number of fused-ring (bicyclic) bond motifs is 1. The van der Waals surface area contributed by atoms with Crippen molar-refractivity contribution in [1.29, 1.82) is 0 Å². The second-order valence-corrected chi connectivity index (χ2v) is 5.42. The zero-order valence-corrected chi connectivity index (χ0v) is 10.7. The Kier molecular flexibility index (Phi) is 3.21. The molecule has 3 heterocycles. The Balaban J connectivity index is 1.76. The van der Waals surface area contributed by atoms with E-state index in [-0.39, 0.29) is 0 Å². The highest BCUT2D eigenvalue weighted by Gasteiger charge is 2.30. The van der Waals surface area contributed by atoms with Crippen LogP contribution in [0.2, 0.25) is 5.15 Å².